The van der Waals surface area contributed by atoms with Crippen molar-refractivity contribution in [2.24, 2.45) is 0 Å². The second kappa shape index (κ2) is 5.33. The van der Waals surface area contributed by atoms with Gasteiger partial charge in [0.2, 0.25) is 0 Å². The zero-order valence-electron chi connectivity index (χ0n) is 11.3. The van der Waals surface area contributed by atoms with Gasteiger partial charge in [0.15, 0.2) is 5.16 Å². The Balaban J connectivity index is 2.05. The highest BCUT2D eigenvalue weighted by molar-refractivity contribution is 7.99. The van der Waals surface area contributed by atoms with Gasteiger partial charge in [-0.05, 0) is 49.6 Å². The first-order chi connectivity index (χ1) is 10.0. The predicted octanol–water partition coefficient (Wildman–Crippen LogP) is 1.81. The van der Waals surface area contributed by atoms with Crippen molar-refractivity contribution in [3.8, 4) is 0 Å². The molecule has 0 atom stereocenters. The molecule has 0 aromatic carbocycles. The molecule has 0 spiro atoms. The molecule has 0 bridgehead atoms. The van der Waals surface area contributed by atoms with Gasteiger partial charge in [0.25, 0.3) is 5.56 Å². The lowest BCUT2D eigenvalue weighted by atomic mass is 10.1. The van der Waals surface area contributed by atoms with Crippen molar-refractivity contribution in [1.29, 1.82) is 0 Å². The first kappa shape index (κ1) is 13.8. The molecule has 0 amide bonds. The van der Waals surface area contributed by atoms with Gasteiger partial charge in [0, 0.05) is 17.5 Å². The van der Waals surface area contributed by atoms with Crippen molar-refractivity contribution in [2.45, 2.75) is 36.4 Å². The van der Waals surface area contributed by atoms with Crippen LogP contribution in [-0.2, 0) is 12.8 Å². The van der Waals surface area contributed by atoms with Crippen LogP contribution in [-0.4, -0.2) is 26.0 Å². The van der Waals surface area contributed by atoms with E-state index in [1.807, 2.05) is 0 Å². The SMILES string of the molecule is Cc1cc(=O)[nH]c(Sc2nc3c(cc2C(=O)O)CCC3)n1. The van der Waals surface area contributed by atoms with E-state index in [9.17, 15) is 14.7 Å². The van der Waals surface area contributed by atoms with Crippen LogP contribution in [0.4, 0.5) is 0 Å². The lowest BCUT2D eigenvalue weighted by Gasteiger charge is -2.08. The van der Waals surface area contributed by atoms with Crippen LogP contribution in [0.25, 0.3) is 0 Å². The minimum absolute atomic E-state index is 0.157. The standard InChI is InChI=1S/C14H13N3O3S/c1-7-5-11(18)17-14(15-7)21-12-9(13(19)20)6-8-3-2-4-10(8)16-12/h5-6H,2-4H2,1H3,(H,19,20)(H,15,17,18). The summed E-state index contributed by atoms with van der Waals surface area (Å²) < 4.78 is 0. The second-order valence-corrected chi connectivity index (χ2v) is 5.88. The maximum absolute atomic E-state index is 11.5. The Morgan fingerprint density at radius 1 is 1.33 bits per heavy atom. The van der Waals surface area contributed by atoms with Crippen LogP contribution in [0.3, 0.4) is 0 Å². The highest BCUT2D eigenvalue weighted by atomic mass is 32.2. The molecule has 6 nitrogen and oxygen atoms in total. The van der Waals surface area contributed by atoms with Crippen molar-refractivity contribution >= 4 is 17.7 Å². The summed E-state index contributed by atoms with van der Waals surface area (Å²) in [5.41, 5.74) is 2.42. The Kier molecular flexibility index (Phi) is 3.50. The molecule has 0 aliphatic heterocycles. The van der Waals surface area contributed by atoms with Crippen LogP contribution in [0.15, 0.2) is 27.1 Å². The van der Waals surface area contributed by atoms with E-state index in [-0.39, 0.29) is 11.1 Å². The highest BCUT2D eigenvalue weighted by Crippen LogP contribution is 2.30. The molecule has 2 N–H and O–H groups in total. The molecule has 21 heavy (non-hydrogen) atoms. The van der Waals surface area contributed by atoms with Crippen molar-refractivity contribution in [1.82, 2.24) is 15.0 Å². The molecular formula is C14H13N3O3S. The van der Waals surface area contributed by atoms with Crippen LogP contribution in [0, 0.1) is 6.92 Å². The van der Waals surface area contributed by atoms with Crippen molar-refractivity contribution in [3.05, 3.63) is 45.0 Å². The smallest absolute Gasteiger partial charge is 0.338 e. The van der Waals surface area contributed by atoms with E-state index in [0.29, 0.717) is 15.9 Å². The number of fused-ring (bicyclic) bond motifs is 1. The average Bonchev–Trinajstić information content (AvgIpc) is 2.83. The van der Waals surface area contributed by atoms with E-state index >= 15 is 0 Å². The van der Waals surface area contributed by atoms with Gasteiger partial charge in [-0.1, -0.05) is 0 Å². The lowest BCUT2D eigenvalue weighted by molar-refractivity contribution is 0.0692. The van der Waals surface area contributed by atoms with Crippen molar-refractivity contribution < 1.29 is 9.90 Å². The number of carboxylic acid groups (broad SMARTS) is 1. The summed E-state index contributed by atoms with van der Waals surface area (Å²) in [5, 5.41) is 10.1. The third-order valence-electron chi connectivity index (χ3n) is 3.29. The monoisotopic (exact) mass is 303 g/mol. The number of hydrogen-bond acceptors (Lipinski definition) is 5. The van der Waals surface area contributed by atoms with Crippen LogP contribution in [0.2, 0.25) is 0 Å². The van der Waals surface area contributed by atoms with Crippen LogP contribution >= 0.6 is 11.8 Å². The molecule has 0 radical (unpaired) electrons. The molecule has 108 valence electrons. The summed E-state index contributed by atoms with van der Waals surface area (Å²) in [6.07, 6.45) is 2.72. The van der Waals surface area contributed by atoms with Gasteiger partial charge in [-0.25, -0.2) is 14.8 Å². The summed E-state index contributed by atoms with van der Waals surface area (Å²) in [7, 11) is 0. The number of aromatic carboxylic acids is 1. The molecule has 0 unspecified atom stereocenters. The molecule has 1 aliphatic rings. The number of pyridine rings is 1. The van der Waals surface area contributed by atoms with E-state index in [4.69, 9.17) is 0 Å². The van der Waals surface area contributed by atoms with E-state index in [2.05, 4.69) is 15.0 Å². The molecule has 1 aliphatic carbocycles. The van der Waals surface area contributed by atoms with Gasteiger partial charge >= 0.3 is 5.97 Å². The largest absolute Gasteiger partial charge is 0.478 e. The molecule has 2 heterocycles. The predicted molar refractivity (Wildman–Crippen MR) is 76.9 cm³/mol. The molecule has 2 aromatic heterocycles. The topological polar surface area (TPSA) is 95.9 Å². The molecule has 0 saturated carbocycles. The number of aromatic amines is 1. The Bertz CT molecular complexity index is 786. The zero-order chi connectivity index (χ0) is 15.0. The second-order valence-electron chi connectivity index (χ2n) is 4.90. The fourth-order valence-electron chi connectivity index (χ4n) is 2.38. The Morgan fingerprint density at radius 3 is 2.86 bits per heavy atom. The summed E-state index contributed by atoms with van der Waals surface area (Å²) in [6, 6.07) is 3.08. The first-order valence-electron chi connectivity index (χ1n) is 6.55. The van der Waals surface area contributed by atoms with E-state index in [1.54, 1.807) is 13.0 Å². The average molecular weight is 303 g/mol. The number of nitrogens with one attached hydrogen (secondary N) is 1. The number of rotatable bonds is 3. The number of carbonyl (C=O) groups is 1. The van der Waals surface area contributed by atoms with Crippen LogP contribution in [0.5, 0.6) is 0 Å². The van der Waals surface area contributed by atoms with Gasteiger partial charge in [0.05, 0.1) is 5.56 Å². The number of nitrogens with zero attached hydrogens (tertiary/aromatic N) is 2. The van der Waals surface area contributed by atoms with Gasteiger partial charge in [-0.2, -0.15) is 0 Å². The van der Waals surface area contributed by atoms with E-state index in [0.717, 1.165) is 42.3 Å². The number of hydrogen-bond donors (Lipinski definition) is 2. The fourth-order valence-corrected chi connectivity index (χ4v) is 3.31. The Hall–Kier alpha value is -2.15. The van der Waals surface area contributed by atoms with Crippen LogP contribution < -0.4 is 5.56 Å². The maximum Gasteiger partial charge on any atom is 0.338 e. The summed E-state index contributed by atoms with van der Waals surface area (Å²) in [6.45, 7) is 1.72. The van der Waals surface area contributed by atoms with Crippen molar-refractivity contribution in [2.75, 3.05) is 0 Å². The fraction of sp³-hybridized carbons (Fsp3) is 0.286. The third-order valence-corrected chi connectivity index (χ3v) is 4.18. The molecule has 2 aromatic rings. The normalized spacial score (nSPS) is 13.2. The minimum Gasteiger partial charge on any atom is -0.478 e. The Morgan fingerprint density at radius 2 is 2.14 bits per heavy atom. The summed E-state index contributed by atoms with van der Waals surface area (Å²) in [5.74, 6) is -1.02. The summed E-state index contributed by atoms with van der Waals surface area (Å²) >= 11 is 1.08. The third kappa shape index (κ3) is 2.82. The quantitative estimate of drug-likeness (QED) is 0.840. The number of carboxylic acids is 1. The maximum atomic E-state index is 11.5. The highest BCUT2D eigenvalue weighted by Gasteiger charge is 2.21. The molecule has 7 heteroatoms. The van der Waals surface area contributed by atoms with Gasteiger partial charge in [0.1, 0.15) is 5.03 Å². The minimum atomic E-state index is -1.02. The first-order valence-corrected chi connectivity index (χ1v) is 7.36. The number of aromatic nitrogens is 3. The molecule has 0 fully saturated rings. The number of aryl methyl sites for hydroxylation is 3. The number of H-pyrrole nitrogens is 1. The van der Waals surface area contributed by atoms with Gasteiger partial charge < -0.3 is 10.1 Å². The van der Waals surface area contributed by atoms with E-state index in [1.165, 1.54) is 6.07 Å². The lowest BCUT2D eigenvalue weighted by Crippen LogP contribution is -2.09. The Labute approximate surface area is 124 Å². The van der Waals surface area contributed by atoms with E-state index < -0.39 is 5.97 Å². The van der Waals surface area contributed by atoms with Gasteiger partial charge in [-0.15, -0.1) is 0 Å². The van der Waals surface area contributed by atoms with Gasteiger partial charge in [-0.3, -0.25) is 4.79 Å². The molecule has 3 rings (SSSR count). The zero-order valence-corrected chi connectivity index (χ0v) is 12.2. The molecular weight excluding hydrogens is 290 g/mol. The van der Waals surface area contributed by atoms with Crippen molar-refractivity contribution in [3.63, 3.8) is 0 Å². The van der Waals surface area contributed by atoms with Crippen LogP contribution in [0.1, 0.15) is 33.7 Å². The molecule has 0 saturated heterocycles. The summed E-state index contributed by atoms with van der Waals surface area (Å²) in [4.78, 5) is 34.1.